The second-order valence-electron chi connectivity index (χ2n) is 7.66. The van der Waals surface area contributed by atoms with Gasteiger partial charge in [0.1, 0.15) is 0 Å². The number of methoxy groups -OCH3 is 1. The van der Waals surface area contributed by atoms with Gasteiger partial charge < -0.3 is 10.1 Å². The Hall–Kier alpha value is -3.12. The minimum atomic E-state index is -0.251. The summed E-state index contributed by atoms with van der Waals surface area (Å²) < 4.78 is 7.02. The summed E-state index contributed by atoms with van der Waals surface area (Å²) in [7, 11) is 1.55. The third kappa shape index (κ3) is 4.89. The van der Waals surface area contributed by atoms with Crippen LogP contribution in [0.25, 0.3) is 5.69 Å². The zero-order valence-corrected chi connectivity index (χ0v) is 17.4. The molecule has 6 heteroatoms. The number of aromatic nitrogens is 2. The first-order chi connectivity index (χ1) is 14.7. The first-order valence-corrected chi connectivity index (χ1v) is 10.5. The molecule has 6 nitrogen and oxygen atoms in total. The molecule has 0 aliphatic carbocycles. The Balaban J connectivity index is 1.37. The molecule has 2 aromatic carbocycles. The van der Waals surface area contributed by atoms with Crippen molar-refractivity contribution < 1.29 is 9.53 Å². The summed E-state index contributed by atoms with van der Waals surface area (Å²) in [5.41, 5.74) is 3.53. The van der Waals surface area contributed by atoms with Crippen LogP contribution in [0.3, 0.4) is 0 Å². The number of hydrogen-bond donors (Lipinski definition) is 1. The lowest BCUT2D eigenvalue weighted by molar-refractivity contribution is 0.0942. The quantitative estimate of drug-likeness (QED) is 0.651. The van der Waals surface area contributed by atoms with Crippen molar-refractivity contribution in [3.05, 3.63) is 77.6 Å². The Labute approximate surface area is 177 Å². The third-order valence-electron chi connectivity index (χ3n) is 5.47. The Morgan fingerprint density at radius 1 is 1.00 bits per heavy atom. The van der Waals surface area contributed by atoms with Gasteiger partial charge in [0.05, 0.1) is 19.0 Å². The number of carbonyl (C=O) groups excluding carboxylic acids is 1. The molecule has 0 saturated carbocycles. The number of nitrogens with zero attached hydrogens (tertiary/aromatic N) is 3. The van der Waals surface area contributed by atoms with Crippen molar-refractivity contribution in [3.8, 4) is 11.4 Å². The van der Waals surface area contributed by atoms with Gasteiger partial charge in [-0.1, -0.05) is 48.9 Å². The van der Waals surface area contributed by atoms with E-state index in [1.165, 1.54) is 37.9 Å². The smallest absolute Gasteiger partial charge is 0.275 e. The number of amides is 1. The molecular formula is C24H28N4O2. The molecule has 1 fully saturated rings. The number of likely N-dealkylation sites (tertiary alicyclic amines) is 1. The van der Waals surface area contributed by atoms with Gasteiger partial charge >= 0.3 is 0 Å². The first kappa shape index (κ1) is 20.2. The summed E-state index contributed by atoms with van der Waals surface area (Å²) in [4.78, 5) is 15.2. The fraction of sp³-hybridized carbons (Fsp3) is 0.333. The maximum atomic E-state index is 12.7. The molecule has 2 heterocycles. The first-order valence-electron chi connectivity index (χ1n) is 10.5. The Kier molecular flexibility index (Phi) is 6.44. The maximum Gasteiger partial charge on any atom is 0.275 e. The fourth-order valence-electron chi connectivity index (χ4n) is 3.78. The molecule has 4 rings (SSSR count). The van der Waals surface area contributed by atoms with Crippen LogP contribution in [-0.4, -0.2) is 40.8 Å². The molecule has 0 radical (unpaired) electrons. The van der Waals surface area contributed by atoms with Gasteiger partial charge in [-0.3, -0.25) is 9.69 Å². The molecule has 30 heavy (non-hydrogen) atoms. The summed E-state index contributed by atoms with van der Waals surface area (Å²) in [5, 5.41) is 7.37. The minimum absolute atomic E-state index is 0.251. The van der Waals surface area contributed by atoms with Crippen LogP contribution in [0.5, 0.6) is 5.75 Å². The van der Waals surface area contributed by atoms with Crippen molar-refractivity contribution in [1.29, 1.82) is 0 Å². The number of carbonyl (C=O) groups is 1. The van der Waals surface area contributed by atoms with E-state index >= 15 is 0 Å². The van der Waals surface area contributed by atoms with E-state index in [2.05, 4.69) is 39.6 Å². The average Bonchev–Trinajstić information content (AvgIpc) is 3.24. The summed E-state index contributed by atoms with van der Waals surface area (Å²) in [6.07, 6.45) is 5.67. The zero-order valence-electron chi connectivity index (χ0n) is 17.4. The highest BCUT2D eigenvalue weighted by molar-refractivity contribution is 5.94. The van der Waals surface area contributed by atoms with Crippen molar-refractivity contribution in [1.82, 2.24) is 20.0 Å². The molecule has 1 N–H and O–H groups in total. The van der Waals surface area contributed by atoms with Crippen molar-refractivity contribution in [2.75, 3.05) is 20.2 Å². The Morgan fingerprint density at radius 3 is 2.40 bits per heavy atom. The molecule has 0 bridgehead atoms. The molecule has 1 aliphatic heterocycles. The SMILES string of the molecule is COc1cn(-c2ccccc2)nc1C(=O)NCc1ccc(CN2CCCCC2)cc1. The van der Waals surface area contributed by atoms with Gasteiger partial charge in [-0.05, 0) is 49.2 Å². The number of benzene rings is 2. The van der Waals surface area contributed by atoms with Crippen LogP contribution in [0, 0.1) is 0 Å². The van der Waals surface area contributed by atoms with E-state index in [9.17, 15) is 4.79 Å². The topological polar surface area (TPSA) is 59.4 Å². The van der Waals surface area contributed by atoms with Crippen LogP contribution in [0.15, 0.2) is 60.8 Å². The number of rotatable bonds is 7. The summed E-state index contributed by atoms with van der Waals surface area (Å²) in [6, 6.07) is 18.1. The predicted octanol–water partition coefficient (Wildman–Crippen LogP) is 3.80. The van der Waals surface area contributed by atoms with Gasteiger partial charge in [-0.25, -0.2) is 4.68 Å². The predicted molar refractivity (Wildman–Crippen MR) is 117 cm³/mol. The molecule has 0 unspecified atom stereocenters. The second kappa shape index (κ2) is 9.59. The molecule has 0 atom stereocenters. The number of nitrogens with one attached hydrogen (secondary N) is 1. The molecule has 156 valence electrons. The molecule has 1 aliphatic rings. The monoisotopic (exact) mass is 404 g/mol. The number of piperidine rings is 1. The van der Waals surface area contributed by atoms with E-state index in [-0.39, 0.29) is 11.6 Å². The van der Waals surface area contributed by atoms with Gasteiger partial charge in [0, 0.05) is 13.1 Å². The normalized spacial score (nSPS) is 14.4. The molecule has 0 spiro atoms. The third-order valence-corrected chi connectivity index (χ3v) is 5.47. The van der Waals surface area contributed by atoms with Crippen molar-refractivity contribution in [3.63, 3.8) is 0 Å². The second-order valence-corrected chi connectivity index (χ2v) is 7.66. The highest BCUT2D eigenvalue weighted by Gasteiger charge is 2.18. The van der Waals surface area contributed by atoms with Crippen molar-refractivity contribution in [2.24, 2.45) is 0 Å². The molecule has 3 aromatic rings. The standard InChI is InChI=1S/C24H28N4O2/c1-30-22-18-28(21-8-4-2-5-9-21)26-23(22)24(29)25-16-19-10-12-20(13-11-19)17-27-14-6-3-7-15-27/h2,4-5,8-13,18H,3,6-7,14-17H2,1H3,(H,25,29). The zero-order chi connectivity index (χ0) is 20.8. The lowest BCUT2D eigenvalue weighted by Gasteiger charge is -2.26. The van der Waals surface area contributed by atoms with Gasteiger partial charge in [0.25, 0.3) is 5.91 Å². The molecule has 1 aromatic heterocycles. The van der Waals surface area contributed by atoms with Crippen LogP contribution < -0.4 is 10.1 Å². The summed E-state index contributed by atoms with van der Waals surface area (Å²) in [5.74, 6) is 0.201. The number of hydrogen-bond acceptors (Lipinski definition) is 4. The Bertz CT molecular complexity index is 961. The lowest BCUT2D eigenvalue weighted by atomic mass is 10.1. The van der Waals surface area contributed by atoms with Gasteiger partial charge in [-0.15, -0.1) is 0 Å². The van der Waals surface area contributed by atoms with E-state index in [4.69, 9.17) is 4.74 Å². The van der Waals surface area contributed by atoms with Gasteiger partial charge in [-0.2, -0.15) is 5.10 Å². The highest BCUT2D eigenvalue weighted by Crippen LogP contribution is 2.19. The van der Waals surface area contributed by atoms with E-state index in [0.717, 1.165) is 17.8 Å². The van der Waals surface area contributed by atoms with Crippen molar-refractivity contribution in [2.45, 2.75) is 32.4 Å². The lowest BCUT2D eigenvalue weighted by Crippen LogP contribution is -2.29. The summed E-state index contributed by atoms with van der Waals surface area (Å²) >= 11 is 0. The van der Waals surface area contributed by atoms with Gasteiger partial charge in [0.15, 0.2) is 11.4 Å². The van der Waals surface area contributed by atoms with E-state index in [1.54, 1.807) is 18.0 Å². The largest absolute Gasteiger partial charge is 0.493 e. The van der Waals surface area contributed by atoms with E-state index in [0.29, 0.717) is 12.3 Å². The van der Waals surface area contributed by atoms with Crippen LogP contribution in [0.2, 0.25) is 0 Å². The summed E-state index contributed by atoms with van der Waals surface area (Å²) in [6.45, 7) is 3.83. The highest BCUT2D eigenvalue weighted by atomic mass is 16.5. The molecule has 1 amide bonds. The van der Waals surface area contributed by atoms with Crippen LogP contribution in [-0.2, 0) is 13.1 Å². The molecular weight excluding hydrogens is 376 g/mol. The van der Waals surface area contributed by atoms with E-state index < -0.39 is 0 Å². The van der Waals surface area contributed by atoms with Crippen LogP contribution >= 0.6 is 0 Å². The van der Waals surface area contributed by atoms with Gasteiger partial charge in [0.2, 0.25) is 0 Å². The Morgan fingerprint density at radius 2 is 1.70 bits per heavy atom. The average molecular weight is 405 g/mol. The molecule has 1 saturated heterocycles. The maximum absolute atomic E-state index is 12.7. The van der Waals surface area contributed by atoms with Crippen molar-refractivity contribution >= 4 is 5.91 Å². The van der Waals surface area contributed by atoms with Crippen LogP contribution in [0.1, 0.15) is 40.9 Å². The fourth-order valence-corrected chi connectivity index (χ4v) is 3.78. The number of ether oxygens (including phenoxy) is 1. The number of para-hydroxylation sites is 1. The van der Waals surface area contributed by atoms with E-state index in [1.807, 2.05) is 30.3 Å². The van der Waals surface area contributed by atoms with Crippen LogP contribution in [0.4, 0.5) is 0 Å². The minimum Gasteiger partial charge on any atom is -0.493 e.